The lowest BCUT2D eigenvalue weighted by Crippen LogP contribution is -2.45. The summed E-state index contributed by atoms with van der Waals surface area (Å²) in [5.41, 5.74) is 0.270. The van der Waals surface area contributed by atoms with Gasteiger partial charge in [-0.2, -0.15) is 0 Å². The molecule has 1 rings (SSSR count). The summed E-state index contributed by atoms with van der Waals surface area (Å²) in [6.07, 6.45) is 3.87. The molecule has 0 aliphatic carbocycles. The largest absolute Gasteiger partial charge is 0.378 e. The topological polar surface area (TPSA) is 50.4 Å². The maximum atomic E-state index is 11.9. The summed E-state index contributed by atoms with van der Waals surface area (Å²) in [4.78, 5) is 11.9. The molecule has 4 nitrogen and oxygen atoms in total. The van der Waals surface area contributed by atoms with E-state index in [9.17, 15) is 4.79 Å². The van der Waals surface area contributed by atoms with Crippen molar-refractivity contribution in [1.82, 2.24) is 10.6 Å². The Labute approximate surface area is 123 Å². The summed E-state index contributed by atoms with van der Waals surface area (Å²) in [6, 6.07) is 0.179. The lowest BCUT2D eigenvalue weighted by Gasteiger charge is -2.31. The van der Waals surface area contributed by atoms with Gasteiger partial charge >= 0.3 is 0 Å². The van der Waals surface area contributed by atoms with Crippen LogP contribution in [0.15, 0.2) is 0 Å². The molecule has 0 aromatic carbocycles. The van der Waals surface area contributed by atoms with Crippen LogP contribution in [-0.2, 0) is 9.53 Å². The molecule has 1 unspecified atom stereocenters. The fourth-order valence-corrected chi connectivity index (χ4v) is 2.46. The van der Waals surface area contributed by atoms with Gasteiger partial charge < -0.3 is 15.4 Å². The van der Waals surface area contributed by atoms with Crippen LogP contribution in [0.5, 0.6) is 0 Å². The molecule has 0 aromatic heterocycles. The summed E-state index contributed by atoms with van der Waals surface area (Å²) < 4.78 is 5.35. The van der Waals surface area contributed by atoms with Crippen molar-refractivity contribution in [2.24, 2.45) is 5.41 Å². The zero-order chi connectivity index (χ0) is 13.4. The summed E-state index contributed by atoms with van der Waals surface area (Å²) in [7, 11) is 0. The van der Waals surface area contributed by atoms with Crippen LogP contribution in [0.4, 0.5) is 0 Å². The SMILES string of the molecule is CCC(CC)(CC)CNC(=O)CC1COCCN1.Cl. The number of ether oxygens (including phenoxy) is 1. The Kier molecular flexibility index (Phi) is 9.40. The highest BCUT2D eigenvalue weighted by atomic mass is 35.5. The third-order valence-electron chi connectivity index (χ3n) is 4.34. The van der Waals surface area contributed by atoms with Gasteiger partial charge in [0.2, 0.25) is 5.91 Å². The third-order valence-corrected chi connectivity index (χ3v) is 4.34. The number of morpholine rings is 1. The van der Waals surface area contributed by atoms with E-state index in [1.165, 1.54) is 0 Å². The zero-order valence-corrected chi connectivity index (χ0v) is 13.3. The van der Waals surface area contributed by atoms with Gasteiger partial charge in [0.05, 0.1) is 13.2 Å². The van der Waals surface area contributed by atoms with Gasteiger partial charge in [0, 0.05) is 25.6 Å². The molecule has 0 spiro atoms. The molecule has 0 saturated carbocycles. The van der Waals surface area contributed by atoms with Gasteiger partial charge in [-0.05, 0) is 24.7 Å². The van der Waals surface area contributed by atoms with Gasteiger partial charge in [0.15, 0.2) is 0 Å². The van der Waals surface area contributed by atoms with E-state index in [2.05, 4.69) is 31.4 Å². The standard InChI is InChI=1S/C14H28N2O2.ClH/c1-4-14(5-2,6-3)11-16-13(17)9-12-10-18-8-7-15-12;/h12,15H,4-11H2,1-3H3,(H,16,17);1H. The first-order valence-electron chi connectivity index (χ1n) is 7.23. The molecule has 114 valence electrons. The predicted octanol–water partition coefficient (Wildman–Crippen LogP) is 2.12. The maximum absolute atomic E-state index is 11.9. The normalized spacial score (nSPS) is 19.6. The van der Waals surface area contributed by atoms with E-state index >= 15 is 0 Å². The van der Waals surface area contributed by atoms with E-state index < -0.39 is 0 Å². The fourth-order valence-electron chi connectivity index (χ4n) is 2.46. The second kappa shape index (κ2) is 9.56. The van der Waals surface area contributed by atoms with Crippen LogP contribution in [0.2, 0.25) is 0 Å². The van der Waals surface area contributed by atoms with E-state index in [0.29, 0.717) is 13.0 Å². The Balaban J connectivity index is 0.00000324. The van der Waals surface area contributed by atoms with Crippen molar-refractivity contribution in [3.8, 4) is 0 Å². The molecule has 0 bridgehead atoms. The van der Waals surface area contributed by atoms with Crippen LogP contribution in [0.3, 0.4) is 0 Å². The van der Waals surface area contributed by atoms with Crippen LogP contribution >= 0.6 is 12.4 Å². The Morgan fingerprint density at radius 3 is 2.42 bits per heavy atom. The fraction of sp³-hybridized carbons (Fsp3) is 0.929. The van der Waals surface area contributed by atoms with Crippen LogP contribution in [0.25, 0.3) is 0 Å². The first kappa shape index (κ1) is 18.7. The number of rotatable bonds is 7. The van der Waals surface area contributed by atoms with Crippen molar-refractivity contribution < 1.29 is 9.53 Å². The molecule has 1 aliphatic rings. The Morgan fingerprint density at radius 1 is 1.32 bits per heavy atom. The highest BCUT2D eigenvalue weighted by molar-refractivity contribution is 5.85. The molecule has 5 heteroatoms. The van der Waals surface area contributed by atoms with Gasteiger partial charge in [0.25, 0.3) is 0 Å². The number of nitrogens with one attached hydrogen (secondary N) is 2. The van der Waals surface area contributed by atoms with Crippen LogP contribution in [0, 0.1) is 5.41 Å². The van der Waals surface area contributed by atoms with Crippen molar-refractivity contribution >= 4 is 18.3 Å². The minimum atomic E-state index is 0. The molecule has 1 heterocycles. The second-order valence-corrected chi connectivity index (χ2v) is 5.27. The van der Waals surface area contributed by atoms with E-state index in [0.717, 1.165) is 39.0 Å². The maximum Gasteiger partial charge on any atom is 0.221 e. The van der Waals surface area contributed by atoms with Gasteiger partial charge in [0.1, 0.15) is 0 Å². The van der Waals surface area contributed by atoms with E-state index in [1.54, 1.807) is 0 Å². The lowest BCUT2D eigenvalue weighted by atomic mass is 9.80. The highest BCUT2D eigenvalue weighted by Crippen LogP contribution is 2.29. The third kappa shape index (κ3) is 6.11. The highest BCUT2D eigenvalue weighted by Gasteiger charge is 2.25. The molecule has 1 fully saturated rings. The van der Waals surface area contributed by atoms with Crippen molar-refractivity contribution in [3.05, 3.63) is 0 Å². The van der Waals surface area contributed by atoms with Crippen molar-refractivity contribution in [2.75, 3.05) is 26.3 Å². The minimum absolute atomic E-state index is 0. The summed E-state index contributed by atoms with van der Waals surface area (Å²) in [5.74, 6) is 0.137. The van der Waals surface area contributed by atoms with E-state index in [4.69, 9.17) is 4.74 Å². The number of hydrogen-bond donors (Lipinski definition) is 2. The number of amides is 1. The van der Waals surface area contributed by atoms with Crippen LogP contribution in [0.1, 0.15) is 46.5 Å². The monoisotopic (exact) mass is 292 g/mol. The predicted molar refractivity (Wildman–Crippen MR) is 80.8 cm³/mol. The molecule has 0 aromatic rings. The van der Waals surface area contributed by atoms with E-state index in [1.807, 2.05) is 0 Å². The molecule has 0 radical (unpaired) electrons. The number of hydrogen-bond acceptors (Lipinski definition) is 3. The van der Waals surface area contributed by atoms with Gasteiger partial charge in [-0.15, -0.1) is 12.4 Å². The molecule has 1 aliphatic heterocycles. The number of carbonyl (C=O) groups is 1. The van der Waals surface area contributed by atoms with Crippen molar-refractivity contribution in [3.63, 3.8) is 0 Å². The van der Waals surface area contributed by atoms with E-state index in [-0.39, 0.29) is 29.8 Å². The summed E-state index contributed by atoms with van der Waals surface area (Å²) in [5, 5.41) is 6.39. The molecule has 1 saturated heterocycles. The quantitative estimate of drug-likeness (QED) is 0.756. The molecule has 1 amide bonds. The van der Waals surface area contributed by atoms with Crippen molar-refractivity contribution in [1.29, 1.82) is 0 Å². The van der Waals surface area contributed by atoms with Crippen LogP contribution in [-0.4, -0.2) is 38.3 Å². The zero-order valence-electron chi connectivity index (χ0n) is 12.5. The van der Waals surface area contributed by atoms with Gasteiger partial charge in [-0.1, -0.05) is 20.8 Å². The average molecular weight is 293 g/mol. The van der Waals surface area contributed by atoms with Crippen molar-refractivity contribution in [2.45, 2.75) is 52.5 Å². The summed E-state index contributed by atoms with van der Waals surface area (Å²) >= 11 is 0. The molecule has 19 heavy (non-hydrogen) atoms. The van der Waals surface area contributed by atoms with Gasteiger partial charge in [-0.25, -0.2) is 0 Å². The number of carbonyl (C=O) groups excluding carboxylic acids is 1. The molecular formula is C14H29ClN2O2. The first-order valence-corrected chi connectivity index (χ1v) is 7.23. The minimum Gasteiger partial charge on any atom is -0.378 e. The Bertz CT molecular complexity index is 244. The summed E-state index contributed by atoms with van der Waals surface area (Å²) in [6.45, 7) is 9.65. The van der Waals surface area contributed by atoms with Gasteiger partial charge in [-0.3, -0.25) is 4.79 Å². The number of halogens is 1. The lowest BCUT2D eigenvalue weighted by molar-refractivity contribution is -0.122. The first-order chi connectivity index (χ1) is 8.65. The average Bonchev–Trinajstić information content (AvgIpc) is 2.42. The Morgan fingerprint density at radius 2 is 1.95 bits per heavy atom. The second-order valence-electron chi connectivity index (χ2n) is 5.27. The smallest absolute Gasteiger partial charge is 0.221 e. The molecule has 1 atom stereocenters. The Hall–Kier alpha value is -0.320. The molecule has 2 N–H and O–H groups in total. The van der Waals surface area contributed by atoms with Crippen LogP contribution < -0.4 is 10.6 Å². The molecular weight excluding hydrogens is 264 g/mol.